The van der Waals surface area contributed by atoms with Gasteiger partial charge >= 0.3 is 0 Å². The van der Waals surface area contributed by atoms with Gasteiger partial charge in [-0.1, -0.05) is 42.8 Å². The maximum atomic E-state index is 12.7. The minimum atomic E-state index is -3.49. The van der Waals surface area contributed by atoms with Crippen molar-refractivity contribution in [3.05, 3.63) is 58.4 Å². The van der Waals surface area contributed by atoms with Crippen molar-refractivity contribution in [3.63, 3.8) is 0 Å². The predicted octanol–water partition coefficient (Wildman–Crippen LogP) is 3.93. The lowest BCUT2D eigenvalue weighted by Gasteiger charge is -2.34. The highest BCUT2D eigenvalue weighted by molar-refractivity contribution is 7.91. The first-order valence-corrected chi connectivity index (χ1v) is 12.0. The van der Waals surface area contributed by atoms with Crippen molar-refractivity contribution in [2.24, 2.45) is 0 Å². The van der Waals surface area contributed by atoms with E-state index in [9.17, 15) is 8.42 Å². The van der Waals surface area contributed by atoms with Crippen molar-refractivity contribution in [2.75, 3.05) is 31.1 Å². The van der Waals surface area contributed by atoms with Crippen LogP contribution in [0.5, 0.6) is 0 Å². The van der Waals surface area contributed by atoms with Gasteiger partial charge in [0.15, 0.2) is 5.82 Å². The molecule has 1 aliphatic heterocycles. The normalized spacial score (nSPS) is 15.6. The largest absolute Gasteiger partial charge is 0.352 e. The van der Waals surface area contributed by atoms with E-state index in [0.717, 1.165) is 34.8 Å². The van der Waals surface area contributed by atoms with Crippen LogP contribution in [-0.4, -0.2) is 49.1 Å². The summed E-state index contributed by atoms with van der Waals surface area (Å²) < 4.78 is 27.7. The van der Waals surface area contributed by atoms with Crippen LogP contribution in [0.2, 0.25) is 4.34 Å². The third-order valence-electron chi connectivity index (χ3n) is 5.01. The average Bonchev–Trinajstić information content (AvgIpc) is 3.21. The monoisotopic (exact) mass is 448 g/mol. The molecule has 6 nitrogen and oxygen atoms in total. The Hall–Kier alpha value is -2.00. The SMILES string of the molecule is CCc1ccc(-c2ccc(N3CCN(S(=O)(=O)c4ccc(Cl)s4)CC3)nn2)cc1. The Morgan fingerprint density at radius 3 is 2.24 bits per heavy atom. The molecule has 1 aromatic carbocycles. The van der Waals surface area contributed by atoms with Crippen molar-refractivity contribution in [2.45, 2.75) is 17.6 Å². The minimum Gasteiger partial charge on any atom is -0.352 e. The average molecular weight is 449 g/mol. The first-order chi connectivity index (χ1) is 14.0. The zero-order valence-electron chi connectivity index (χ0n) is 16.0. The van der Waals surface area contributed by atoms with Crippen LogP contribution in [0.25, 0.3) is 11.3 Å². The lowest BCUT2D eigenvalue weighted by atomic mass is 10.1. The van der Waals surface area contributed by atoms with Crippen LogP contribution in [0.4, 0.5) is 5.82 Å². The van der Waals surface area contributed by atoms with Gasteiger partial charge in [-0.05, 0) is 36.2 Å². The Kier molecular flexibility index (Phi) is 5.87. The third-order valence-corrected chi connectivity index (χ3v) is 8.61. The fourth-order valence-electron chi connectivity index (χ4n) is 3.28. The number of aromatic nitrogens is 2. The van der Waals surface area contributed by atoms with E-state index in [0.29, 0.717) is 30.5 Å². The number of hydrogen-bond acceptors (Lipinski definition) is 6. The number of benzene rings is 1. The summed E-state index contributed by atoms with van der Waals surface area (Å²) >= 11 is 6.98. The standard InChI is InChI=1S/C20H21ClN4O2S2/c1-2-15-3-5-16(6-4-15)17-7-9-19(23-22-17)24-11-13-25(14-12-24)29(26,27)20-10-8-18(21)28-20/h3-10H,2,11-14H2,1H3. The molecule has 29 heavy (non-hydrogen) atoms. The zero-order valence-corrected chi connectivity index (χ0v) is 18.3. The lowest BCUT2D eigenvalue weighted by Crippen LogP contribution is -2.48. The molecule has 4 rings (SSSR count). The van der Waals surface area contributed by atoms with Gasteiger partial charge in [0.2, 0.25) is 0 Å². The fourth-order valence-corrected chi connectivity index (χ4v) is 6.34. The van der Waals surface area contributed by atoms with E-state index in [4.69, 9.17) is 11.6 Å². The van der Waals surface area contributed by atoms with Crippen LogP contribution in [0.3, 0.4) is 0 Å². The molecule has 9 heteroatoms. The van der Waals surface area contributed by atoms with E-state index < -0.39 is 10.0 Å². The molecule has 1 aliphatic rings. The van der Waals surface area contributed by atoms with Gasteiger partial charge in [-0.2, -0.15) is 4.31 Å². The van der Waals surface area contributed by atoms with Gasteiger partial charge in [0, 0.05) is 31.7 Å². The summed E-state index contributed by atoms with van der Waals surface area (Å²) in [5.74, 6) is 0.759. The van der Waals surface area contributed by atoms with Crippen LogP contribution in [0, 0.1) is 0 Å². The van der Waals surface area contributed by atoms with Gasteiger partial charge in [-0.3, -0.25) is 0 Å². The van der Waals surface area contributed by atoms with E-state index in [-0.39, 0.29) is 4.21 Å². The molecular formula is C20H21ClN4O2S2. The molecule has 0 saturated carbocycles. The quantitative estimate of drug-likeness (QED) is 0.591. The van der Waals surface area contributed by atoms with Crippen molar-refractivity contribution in [1.82, 2.24) is 14.5 Å². The Morgan fingerprint density at radius 1 is 0.966 bits per heavy atom. The third kappa shape index (κ3) is 4.30. The highest BCUT2D eigenvalue weighted by atomic mass is 35.5. The van der Waals surface area contributed by atoms with Gasteiger partial charge in [0.25, 0.3) is 10.0 Å². The summed E-state index contributed by atoms with van der Waals surface area (Å²) in [4.78, 5) is 2.06. The summed E-state index contributed by atoms with van der Waals surface area (Å²) in [6.07, 6.45) is 1.01. The number of nitrogens with zero attached hydrogens (tertiary/aromatic N) is 4. The van der Waals surface area contributed by atoms with Crippen LogP contribution in [-0.2, 0) is 16.4 Å². The molecule has 1 saturated heterocycles. The van der Waals surface area contributed by atoms with Gasteiger partial charge in [0.05, 0.1) is 10.0 Å². The number of aryl methyl sites for hydroxylation is 1. The van der Waals surface area contributed by atoms with Crippen LogP contribution < -0.4 is 4.90 Å². The molecule has 3 aromatic rings. The van der Waals surface area contributed by atoms with Crippen LogP contribution >= 0.6 is 22.9 Å². The summed E-state index contributed by atoms with van der Waals surface area (Å²) in [6.45, 7) is 4.07. The van der Waals surface area contributed by atoms with Crippen molar-refractivity contribution < 1.29 is 8.42 Å². The Bertz CT molecular complexity index is 1070. The van der Waals surface area contributed by atoms with E-state index in [2.05, 4.69) is 46.3 Å². The molecule has 0 unspecified atom stereocenters. The number of halogens is 1. The van der Waals surface area contributed by atoms with Gasteiger partial charge in [-0.25, -0.2) is 8.42 Å². The number of anilines is 1. The minimum absolute atomic E-state index is 0.286. The first kappa shape index (κ1) is 20.3. The van der Waals surface area contributed by atoms with E-state index in [1.54, 1.807) is 12.1 Å². The van der Waals surface area contributed by atoms with Gasteiger partial charge in [0.1, 0.15) is 4.21 Å². The van der Waals surface area contributed by atoms with Gasteiger partial charge in [-0.15, -0.1) is 21.5 Å². The van der Waals surface area contributed by atoms with E-state index >= 15 is 0 Å². The molecule has 0 N–H and O–H groups in total. The second-order valence-corrected chi connectivity index (χ2v) is 10.7. The van der Waals surface area contributed by atoms with Crippen molar-refractivity contribution >= 4 is 38.8 Å². The zero-order chi connectivity index (χ0) is 20.4. The van der Waals surface area contributed by atoms with Crippen LogP contribution in [0.1, 0.15) is 12.5 Å². The second-order valence-electron chi connectivity index (χ2n) is 6.78. The maximum absolute atomic E-state index is 12.7. The fraction of sp³-hybridized carbons (Fsp3) is 0.300. The summed E-state index contributed by atoms with van der Waals surface area (Å²) in [7, 11) is -3.49. The summed E-state index contributed by atoms with van der Waals surface area (Å²) in [6, 6.07) is 15.4. The van der Waals surface area contributed by atoms with Crippen molar-refractivity contribution in [1.29, 1.82) is 0 Å². The maximum Gasteiger partial charge on any atom is 0.252 e. The van der Waals surface area contributed by atoms with E-state index in [1.165, 1.54) is 9.87 Å². The molecule has 1 fully saturated rings. The van der Waals surface area contributed by atoms with Crippen LogP contribution in [0.15, 0.2) is 52.7 Å². The topological polar surface area (TPSA) is 66.4 Å². The Balaban J connectivity index is 1.42. The Morgan fingerprint density at radius 2 is 1.69 bits per heavy atom. The number of thiophene rings is 1. The molecule has 3 heterocycles. The van der Waals surface area contributed by atoms with Crippen molar-refractivity contribution in [3.8, 4) is 11.3 Å². The number of sulfonamides is 1. The molecule has 0 spiro atoms. The molecule has 0 aliphatic carbocycles. The summed E-state index contributed by atoms with van der Waals surface area (Å²) in [5, 5.41) is 8.72. The first-order valence-electron chi connectivity index (χ1n) is 9.41. The highest BCUT2D eigenvalue weighted by Crippen LogP contribution is 2.29. The molecule has 0 bridgehead atoms. The lowest BCUT2D eigenvalue weighted by molar-refractivity contribution is 0.384. The summed E-state index contributed by atoms with van der Waals surface area (Å²) in [5.41, 5.74) is 3.15. The smallest absolute Gasteiger partial charge is 0.252 e. The molecule has 0 atom stereocenters. The molecule has 2 aromatic heterocycles. The predicted molar refractivity (Wildman–Crippen MR) is 117 cm³/mol. The Labute approximate surface area is 179 Å². The molecular weight excluding hydrogens is 428 g/mol. The number of rotatable bonds is 5. The highest BCUT2D eigenvalue weighted by Gasteiger charge is 2.30. The van der Waals surface area contributed by atoms with Gasteiger partial charge < -0.3 is 4.90 Å². The molecule has 0 radical (unpaired) electrons. The van der Waals surface area contributed by atoms with E-state index in [1.807, 2.05) is 12.1 Å². The second kappa shape index (κ2) is 8.39. The molecule has 152 valence electrons. The number of hydrogen-bond donors (Lipinski definition) is 0. The molecule has 0 amide bonds. The number of piperazine rings is 1.